The van der Waals surface area contributed by atoms with Gasteiger partial charge < -0.3 is 9.84 Å². The van der Waals surface area contributed by atoms with Crippen molar-refractivity contribution in [3.8, 4) is 0 Å². The standard InChI is InChI=1S/C21H28N6O4/c1-12-18(27(29)30)13(2)26(24-12)11-17-23-20(31-25-17)19(28)22-4-3-21-8-14-5-15(9-21)7-16(6-14)10-21/h14-16H,3-11H2,1-2H3,(H,22,28). The molecule has 31 heavy (non-hydrogen) atoms. The minimum absolute atomic E-state index is 0.0221. The third-order valence-electron chi connectivity index (χ3n) is 7.59. The van der Waals surface area contributed by atoms with E-state index in [-0.39, 0.29) is 29.9 Å². The second kappa shape index (κ2) is 7.42. The minimum Gasteiger partial charge on any atom is -0.348 e. The van der Waals surface area contributed by atoms with E-state index in [1.807, 2.05) is 0 Å². The van der Waals surface area contributed by atoms with E-state index in [1.54, 1.807) is 13.8 Å². The third kappa shape index (κ3) is 3.72. The fourth-order valence-corrected chi connectivity index (χ4v) is 6.76. The number of hydrogen-bond donors (Lipinski definition) is 1. The first-order chi connectivity index (χ1) is 14.8. The zero-order valence-electron chi connectivity index (χ0n) is 18.0. The maximum absolute atomic E-state index is 12.5. The van der Waals surface area contributed by atoms with Crippen molar-refractivity contribution in [1.82, 2.24) is 25.2 Å². The van der Waals surface area contributed by atoms with E-state index in [0.717, 1.165) is 24.2 Å². The van der Waals surface area contributed by atoms with Gasteiger partial charge in [-0.15, -0.1) is 0 Å². The molecule has 4 fully saturated rings. The van der Waals surface area contributed by atoms with Crippen LogP contribution >= 0.6 is 0 Å². The molecule has 4 aliphatic carbocycles. The summed E-state index contributed by atoms with van der Waals surface area (Å²) < 4.78 is 6.57. The van der Waals surface area contributed by atoms with Crippen molar-refractivity contribution < 1.29 is 14.2 Å². The molecule has 0 aliphatic heterocycles. The third-order valence-corrected chi connectivity index (χ3v) is 7.59. The molecule has 10 heteroatoms. The first kappa shape index (κ1) is 20.1. The number of nitro groups is 1. The smallest absolute Gasteiger partial charge is 0.316 e. The van der Waals surface area contributed by atoms with Crippen LogP contribution in [0.1, 0.15) is 72.8 Å². The maximum atomic E-state index is 12.5. The van der Waals surface area contributed by atoms with Gasteiger partial charge in [0.05, 0.1) is 4.92 Å². The van der Waals surface area contributed by atoms with E-state index < -0.39 is 4.92 Å². The lowest BCUT2D eigenvalue weighted by molar-refractivity contribution is -0.386. The van der Waals surface area contributed by atoms with Gasteiger partial charge in [0.2, 0.25) is 0 Å². The van der Waals surface area contributed by atoms with E-state index >= 15 is 0 Å². The van der Waals surface area contributed by atoms with Gasteiger partial charge in [-0.3, -0.25) is 19.6 Å². The second-order valence-corrected chi connectivity index (χ2v) is 9.87. The molecule has 0 spiro atoms. The molecule has 6 rings (SSSR count). The molecule has 2 heterocycles. The number of amides is 1. The molecule has 0 aromatic carbocycles. The molecule has 10 nitrogen and oxygen atoms in total. The normalized spacial score (nSPS) is 28.8. The molecular formula is C21H28N6O4. The summed E-state index contributed by atoms with van der Waals surface area (Å²) >= 11 is 0. The molecule has 0 unspecified atom stereocenters. The number of carbonyl (C=O) groups is 1. The van der Waals surface area contributed by atoms with Gasteiger partial charge in [0, 0.05) is 6.54 Å². The Hall–Kier alpha value is -2.78. The van der Waals surface area contributed by atoms with Crippen LogP contribution in [-0.2, 0) is 6.54 Å². The van der Waals surface area contributed by atoms with Gasteiger partial charge in [-0.1, -0.05) is 5.16 Å². The summed E-state index contributed by atoms with van der Waals surface area (Å²) in [7, 11) is 0. The molecule has 4 saturated carbocycles. The summed E-state index contributed by atoms with van der Waals surface area (Å²) in [6.45, 7) is 3.92. The van der Waals surface area contributed by atoms with E-state index in [0.29, 0.717) is 23.3 Å². The fraction of sp³-hybridized carbons (Fsp3) is 0.714. The van der Waals surface area contributed by atoms with Crippen molar-refractivity contribution in [2.24, 2.45) is 23.2 Å². The van der Waals surface area contributed by atoms with Crippen molar-refractivity contribution in [1.29, 1.82) is 0 Å². The Morgan fingerprint density at radius 2 is 1.87 bits per heavy atom. The maximum Gasteiger partial charge on any atom is 0.316 e. The lowest BCUT2D eigenvalue weighted by Gasteiger charge is -2.57. The molecule has 166 valence electrons. The van der Waals surface area contributed by atoms with Crippen LogP contribution in [0.3, 0.4) is 0 Å². The minimum atomic E-state index is -0.451. The van der Waals surface area contributed by atoms with Crippen LogP contribution in [0.4, 0.5) is 5.69 Å². The second-order valence-electron chi connectivity index (χ2n) is 9.87. The Bertz CT molecular complexity index is 990. The molecule has 4 aliphatic rings. The average Bonchev–Trinajstić information content (AvgIpc) is 3.25. The first-order valence-electron chi connectivity index (χ1n) is 11.1. The Kier molecular flexibility index (Phi) is 4.82. The molecule has 0 atom stereocenters. The summed E-state index contributed by atoms with van der Waals surface area (Å²) in [6.07, 6.45) is 9.19. The van der Waals surface area contributed by atoms with Crippen molar-refractivity contribution in [3.05, 3.63) is 33.2 Å². The predicted molar refractivity (Wildman–Crippen MR) is 109 cm³/mol. The van der Waals surface area contributed by atoms with Gasteiger partial charge in [0.15, 0.2) is 5.82 Å². The quantitative estimate of drug-likeness (QED) is 0.529. The average molecular weight is 428 g/mol. The summed E-state index contributed by atoms with van der Waals surface area (Å²) in [5.74, 6) is 2.48. The van der Waals surface area contributed by atoms with Crippen LogP contribution in [0.25, 0.3) is 0 Å². The largest absolute Gasteiger partial charge is 0.348 e. The topological polar surface area (TPSA) is 129 Å². The van der Waals surface area contributed by atoms with Gasteiger partial charge in [-0.2, -0.15) is 10.1 Å². The molecule has 1 N–H and O–H groups in total. The van der Waals surface area contributed by atoms with E-state index in [1.165, 1.54) is 43.2 Å². The number of aromatic nitrogens is 4. The number of aryl methyl sites for hydroxylation is 1. The Balaban J connectivity index is 1.17. The highest BCUT2D eigenvalue weighted by Gasteiger charge is 2.50. The van der Waals surface area contributed by atoms with Crippen LogP contribution in [0, 0.1) is 47.1 Å². The first-order valence-corrected chi connectivity index (χ1v) is 11.1. The Morgan fingerprint density at radius 3 is 2.45 bits per heavy atom. The summed E-state index contributed by atoms with van der Waals surface area (Å²) in [5.41, 5.74) is 1.13. The highest BCUT2D eigenvalue weighted by Crippen LogP contribution is 2.61. The zero-order chi connectivity index (χ0) is 21.8. The fourth-order valence-electron chi connectivity index (χ4n) is 6.76. The lowest BCUT2D eigenvalue weighted by Crippen LogP contribution is -2.47. The zero-order valence-corrected chi connectivity index (χ0v) is 18.0. The molecule has 0 saturated heterocycles. The summed E-state index contributed by atoms with van der Waals surface area (Å²) in [4.78, 5) is 27.3. The number of hydrogen-bond acceptors (Lipinski definition) is 7. The van der Waals surface area contributed by atoms with Crippen molar-refractivity contribution in [3.63, 3.8) is 0 Å². The van der Waals surface area contributed by atoms with Crippen LogP contribution < -0.4 is 5.32 Å². The van der Waals surface area contributed by atoms with Gasteiger partial charge in [0.25, 0.3) is 0 Å². The lowest BCUT2D eigenvalue weighted by atomic mass is 9.49. The monoisotopic (exact) mass is 428 g/mol. The highest BCUT2D eigenvalue weighted by molar-refractivity contribution is 5.89. The van der Waals surface area contributed by atoms with E-state index in [4.69, 9.17) is 4.52 Å². The molecule has 2 aromatic heterocycles. The van der Waals surface area contributed by atoms with Crippen LogP contribution in [0.2, 0.25) is 0 Å². The van der Waals surface area contributed by atoms with Gasteiger partial charge in [-0.05, 0) is 82.0 Å². The Labute approximate surface area is 179 Å². The molecular weight excluding hydrogens is 400 g/mol. The van der Waals surface area contributed by atoms with Crippen molar-refractivity contribution in [2.45, 2.75) is 65.3 Å². The predicted octanol–water partition coefficient (Wildman–Crippen LogP) is 3.18. The van der Waals surface area contributed by atoms with Crippen molar-refractivity contribution in [2.75, 3.05) is 6.54 Å². The number of rotatable bonds is 7. The van der Waals surface area contributed by atoms with Gasteiger partial charge >= 0.3 is 17.5 Å². The number of carbonyl (C=O) groups excluding carboxylic acids is 1. The molecule has 4 bridgehead atoms. The molecule has 1 amide bonds. The van der Waals surface area contributed by atoms with Crippen molar-refractivity contribution >= 4 is 11.6 Å². The Morgan fingerprint density at radius 1 is 1.23 bits per heavy atom. The number of nitrogens with zero attached hydrogens (tertiary/aromatic N) is 5. The van der Waals surface area contributed by atoms with Gasteiger partial charge in [0.1, 0.15) is 17.9 Å². The van der Waals surface area contributed by atoms with Crippen LogP contribution in [0.15, 0.2) is 4.52 Å². The number of nitrogens with one attached hydrogen (secondary N) is 1. The van der Waals surface area contributed by atoms with E-state index in [9.17, 15) is 14.9 Å². The molecule has 2 aromatic rings. The highest BCUT2D eigenvalue weighted by atomic mass is 16.6. The van der Waals surface area contributed by atoms with Crippen LogP contribution in [-0.4, -0.2) is 37.3 Å². The van der Waals surface area contributed by atoms with Crippen LogP contribution in [0.5, 0.6) is 0 Å². The summed E-state index contributed by atoms with van der Waals surface area (Å²) in [6, 6.07) is 0. The summed E-state index contributed by atoms with van der Waals surface area (Å²) in [5, 5.41) is 22.1. The SMILES string of the molecule is Cc1nn(Cc2noc(C(=O)NCCC34CC5CC(CC(C5)C3)C4)n2)c(C)c1[N+](=O)[O-]. The molecule has 0 radical (unpaired) electrons. The van der Waals surface area contributed by atoms with Gasteiger partial charge in [-0.25, -0.2) is 0 Å². The van der Waals surface area contributed by atoms with E-state index in [2.05, 4.69) is 20.6 Å².